The van der Waals surface area contributed by atoms with Gasteiger partial charge in [-0.15, -0.1) is 0 Å². The number of amides is 1. The van der Waals surface area contributed by atoms with E-state index in [0.717, 1.165) is 37.2 Å². The van der Waals surface area contributed by atoms with Gasteiger partial charge in [0.1, 0.15) is 17.1 Å². The Balaban J connectivity index is 2.06. The van der Waals surface area contributed by atoms with Crippen molar-refractivity contribution in [1.82, 2.24) is 14.5 Å². The predicted molar refractivity (Wildman–Crippen MR) is 88.2 cm³/mol. The van der Waals surface area contributed by atoms with Crippen LogP contribution in [-0.4, -0.2) is 40.6 Å². The van der Waals surface area contributed by atoms with Gasteiger partial charge in [-0.05, 0) is 37.5 Å². The van der Waals surface area contributed by atoms with Crippen molar-refractivity contribution in [3.63, 3.8) is 0 Å². The van der Waals surface area contributed by atoms with E-state index < -0.39 is 5.54 Å². The molecule has 1 aromatic heterocycles. The molecule has 2 heterocycles. The van der Waals surface area contributed by atoms with E-state index >= 15 is 0 Å². The normalized spacial score (nSPS) is 17.0. The Morgan fingerprint density at radius 3 is 2.43 bits per heavy atom. The van der Waals surface area contributed by atoms with Crippen LogP contribution in [0.5, 0.6) is 5.75 Å². The van der Waals surface area contributed by atoms with Crippen LogP contribution in [0.4, 0.5) is 5.82 Å². The number of anilines is 1. The first kappa shape index (κ1) is 15.4. The van der Waals surface area contributed by atoms with Gasteiger partial charge >= 0.3 is 0 Å². The number of ether oxygens (including phenoxy) is 1. The van der Waals surface area contributed by atoms with Crippen molar-refractivity contribution < 1.29 is 9.53 Å². The van der Waals surface area contributed by atoms with Crippen molar-refractivity contribution in [1.29, 1.82) is 0 Å². The van der Waals surface area contributed by atoms with Gasteiger partial charge < -0.3 is 19.9 Å². The number of nitrogens with two attached hydrogens (primary N) is 1. The minimum atomic E-state index is -0.874. The Kier molecular flexibility index (Phi) is 3.98. The topological polar surface area (TPSA) is 73.4 Å². The molecular weight excluding hydrogens is 292 g/mol. The summed E-state index contributed by atoms with van der Waals surface area (Å²) in [6, 6.07) is 7.57. The second-order valence-corrected chi connectivity index (χ2v) is 6.01. The summed E-state index contributed by atoms with van der Waals surface area (Å²) in [4.78, 5) is 19.3. The molecule has 2 aromatic rings. The lowest BCUT2D eigenvalue weighted by Gasteiger charge is -2.34. The fourth-order valence-electron chi connectivity index (χ4n) is 3.11. The zero-order valence-electron chi connectivity index (χ0n) is 13.5. The van der Waals surface area contributed by atoms with Gasteiger partial charge in [0, 0.05) is 19.3 Å². The second kappa shape index (κ2) is 5.95. The highest BCUT2D eigenvalue weighted by atomic mass is 16.5. The maximum Gasteiger partial charge on any atom is 0.253 e. The maximum absolute atomic E-state index is 13.2. The minimum Gasteiger partial charge on any atom is -0.497 e. The van der Waals surface area contributed by atoms with Crippen molar-refractivity contribution in [3.8, 4) is 5.75 Å². The molecule has 1 amide bonds. The highest BCUT2D eigenvalue weighted by molar-refractivity contribution is 5.88. The average molecular weight is 314 g/mol. The number of rotatable bonds is 4. The average Bonchev–Trinajstić information content (AvgIpc) is 3.25. The number of hydrogen-bond acceptors (Lipinski definition) is 4. The van der Waals surface area contributed by atoms with Crippen molar-refractivity contribution in [2.75, 3.05) is 25.9 Å². The van der Waals surface area contributed by atoms with Crippen LogP contribution >= 0.6 is 0 Å². The first-order valence-electron chi connectivity index (χ1n) is 7.79. The summed E-state index contributed by atoms with van der Waals surface area (Å²) in [5.74, 6) is 1.23. The SMILES string of the molecule is COc1ccc(C(C)(C(=O)N2CCCC2)n2cnc(N)c2)cc1. The standard InChI is InChI=1S/C17H22N4O2/c1-17(21-11-15(18)19-12-21,16(22)20-9-3-4-10-20)13-5-7-14(23-2)8-6-13/h5-8,11-12H,3-4,9-10,18H2,1-2H3. The molecule has 1 aliphatic rings. The summed E-state index contributed by atoms with van der Waals surface area (Å²) in [6.45, 7) is 3.51. The fraction of sp³-hybridized carbons (Fsp3) is 0.412. The predicted octanol–water partition coefficient (Wildman–Crippen LogP) is 1.86. The second-order valence-electron chi connectivity index (χ2n) is 6.01. The number of imidazole rings is 1. The molecule has 0 aliphatic carbocycles. The monoisotopic (exact) mass is 314 g/mol. The highest BCUT2D eigenvalue weighted by Crippen LogP contribution is 2.31. The number of carbonyl (C=O) groups is 1. The lowest BCUT2D eigenvalue weighted by atomic mass is 9.90. The molecule has 2 N–H and O–H groups in total. The first-order valence-corrected chi connectivity index (χ1v) is 7.79. The van der Waals surface area contributed by atoms with Crippen molar-refractivity contribution in [3.05, 3.63) is 42.4 Å². The third-order valence-electron chi connectivity index (χ3n) is 4.58. The molecule has 3 rings (SSSR count). The molecule has 1 saturated heterocycles. The summed E-state index contributed by atoms with van der Waals surface area (Å²) < 4.78 is 7.01. The molecule has 1 aliphatic heterocycles. The number of aromatic nitrogens is 2. The van der Waals surface area contributed by atoms with Crippen LogP contribution in [0.15, 0.2) is 36.8 Å². The van der Waals surface area contributed by atoms with Gasteiger partial charge in [-0.2, -0.15) is 0 Å². The zero-order chi connectivity index (χ0) is 16.4. The van der Waals surface area contributed by atoms with E-state index in [2.05, 4.69) is 4.98 Å². The van der Waals surface area contributed by atoms with Gasteiger partial charge in [-0.1, -0.05) is 12.1 Å². The Morgan fingerprint density at radius 1 is 1.26 bits per heavy atom. The smallest absolute Gasteiger partial charge is 0.253 e. The molecule has 0 spiro atoms. The molecule has 1 fully saturated rings. The number of nitrogen functional groups attached to an aromatic ring is 1. The first-order chi connectivity index (χ1) is 11.1. The van der Waals surface area contributed by atoms with Crippen LogP contribution in [0, 0.1) is 0 Å². The van der Waals surface area contributed by atoms with E-state index in [0.29, 0.717) is 5.82 Å². The van der Waals surface area contributed by atoms with E-state index in [1.54, 1.807) is 24.2 Å². The van der Waals surface area contributed by atoms with Gasteiger partial charge in [0.2, 0.25) is 0 Å². The van der Waals surface area contributed by atoms with Crippen LogP contribution in [0.25, 0.3) is 0 Å². The molecule has 0 bridgehead atoms. The summed E-state index contributed by atoms with van der Waals surface area (Å²) in [5.41, 5.74) is 5.78. The van der Waals surface area contributed by atoms with Crippen LogP contribution in [0.3, 0.4) is 0 Å². The van der Waals surface area contributed by atoms with E-state index in [9.17, 15) is 4.79 Å². The van der Waals surface area contributed by atoms with Crippen LogP contribution < -0.4 is 10.5 Å². The number of hydrogen-bond donors (Lipinski definition) is 1. The molecule has 1 unspecified atom stereocenters. The molecule has 23 heavy (non-hydrogen) atoms. The van der Waals surface area contributed by atoms with Crippen LogP contribution in [-0.2, 0) is 10.3 Å². The van der Waals surface area contributed by atoms with E-state index in [-0.39, 0.29) is 5.91 Å². The molecular formula is C17H22N4O2. The van der Waals surface area contributed by atoms with Crippen molar-refractivity contribution in [2.24, 2.45) is 0 Å². The molecule has 1 atom stereocenters. The van der Waals surface area contributed by atoms with E-state index in [1.165, 1.54) is 0 Å². The lowest BCUT2D eigenvalue weighted by Crippen LogP contribution is -2.48. The molecule has 6 heteroatoms. The fourth-order valence-corrected chi connectivity index (χ4v) is 3.11. The maximum atomic E-state index is 13.2. The summed E-state index contributed by atoms with van der Waals surface area (Å²) in [6.07, 6.45) is 5.43. The van der Waals surface area contributed by atoms with Crippen molar-refractivity contribution in [2.45, 2.75) is 25.3 Å². The number of nitrogens with zero attached hydrogens (tertiary/aromatic N) is 3. The largest absolute Gasteiger partial charge is 0.497 e. The molecule has 1 aromatic carbocycles. The number of methoxy groups -OCH3 is 1. The van der Waals surface area contributed by atoms with Gasteiger partial charge in [0.25, 0.3) is 5.91 Å². The Bertz CT molecular complexity index is 689. The Labute approximate surface area is 135 Å². The molecule has 6 nitrogen and oxygen atoms in total. The summed E-state index contributed by atoms with van der Waals surface area (Å²) in [5, 5.41) is 0. The zero-order valence-corrected chi connectivity index (χ0v) is 13.5. The highest BCUT2D eigenvalue weighted by Gasteiger charge is 2.41. The molecule has 122 valence electrons. The third-order valence-corrected chi connectivity index (χ3v) is 4.58. The third kappa shape index (κ3) is 2.65. The Morgan fingerprint density at radius 2 is 1.91 bits per heavy atom. The quantitative estimate of drug-likeness (QED) is 0.935. The molecule has 0 radical (unpaired) electrons. The number of benzene rings is 1. The minimum absolute atomic E-state index is 0.0672. The summed E-state index contributed by atoms with van der Waals surface area (Å²) >= 11 is 0. The summed E-state index contributed by atoms with van der Waals surface area (Å²) in [7, 11) is 1.63. The van der Waals surface area contributed by atoms with Gasteiger partial charge in [0.15, 0.2) is 0 Å². The van der Waals surface area contributed by atoms with Gasteiger partial charge in [-0.3, -0.25) is 4.79 Å². The van der Waals surface area contributed by atoms with Crippen LogP contribution in [0.1, 0.15) is 25.3 Å². The number of carbonyl (C=O) groups excluding carboxylic acids is 1. The van der Waals surface area contributed by atoms with E-state index in [1.807, 2.05) is 36.1 Å². The number of likely N-dealkylation sites (tertiary alicyclic amines) is 1. The van der Waals surface area contributed by atoms with Gasteiger partial charge in [-0.25, -0.2) is 4.98 Å². The Hall–Kier alpha value is -2.50. The van der Waals surface area contributed by atoms with Crippen molar-refractivity contribution >= 4 is 11.7 Å². The van der Waals surface area contributed by atoms with Crippen LogP contribution in [0.2, 0.25) is 0 Å². The van der Waals surface area contributed by atoms with Gasteiger partial charge in [0.05, 0.1) is 13.4 Å². The van der Waals surface area contributed by atoms with E-state index in [4.69, 9.17) is 10.5 Å². The molecule has 0 saturated carbocycles. The lowest BCUT2D eigenvalue weighted by molar-refractivity contribution is -0.137.